The normalized spacial score (nSPS) is 14.4. The molecule has 3 heteroatoms. The number of aromatic hydroxyl groups is 1. The number of hydrogen-bond donors (Lipinski definition) is 2. The second kappa shape index (κ2) is 6.50. The van der Waals surface area contributed by atoms with Crippen molar-refractivity contribution in [2.45, 2.75) is 45.7 Å². The lowest BCUT2D eigenvalue weighted by Crippen LogP contribution is -2.28. The molecule has 3 nitrogen and oxygen atoms in total. The van der Waals surface area contributed by atoms with Crippen LogP contribution in [-0.2, 0) is 0 Å². The van der Waals surface area contributed by atoms with Gasteiger partial charge in [0.1, 0.15) is 11.5 Å². The fourth-order valence-corrected chi connectivity index (χ4v) is 2.04. The van der Waals surface area contributed by atoms with Gasteiger partial charge in [-0.1, -0.05) is 13.3 Å². The largest absolute Gasteiger partial charge is 0.508 e. The number of phenolic OH excluding ortho intramolecular Hbond substituents is 1. The number of ether oxygens (including phenoxy) is 1. The molecule has 0 radical (unpaired) electrons. The molecule has 0 saturated heterocycles. The van der Waals surface area contributed by atoms with Crippen molar-refractivity contribution in [3.05, 3.63) is 23.8 Å². The zero-order valence-corrected chi connectivity index (χ0v) is 11.2. The Morgan fingerprint density at radius 1 is 1.35 bits per heavy atom. The molecular formula is C14H23NO2. The minimum absolute atomic E-state index is 0.117. The van der Waals surface area contributed by atoms with Crippen LogP contribution in [-0.4, -0.2) is 18.3 Å². The van der Waals surface area contributed by atoms with E-state index >= 15 is 0 Å². The van der Waals surface area contributed by atoms with E-state index in [1.165, 1.54) is 0 Å². The van der Waals surface area contributed by atoms with E-state index in [2.05, 4.69) is 26.1 Å². The Morgan fingerprint density at radius 3 is 2.65 bits per heavy atom. The first-order chi connectivity index (χ1) is 8.08. The third-order valence-corrected chi connectivity index (χ3v) is 2.96. The maximum Gasteiger partial charge on any atom is 0.120 e. The van der Waals surface area contributed by atoms with Gasteiger partial charge < -0.3 is 15.2 Å². The molecule has 0 saturated carbocycles. The molecular weight excluding hydrogens is 214 g/mol. The van der Waals surface area contributed by atoms with Crippen molar-refractivity contribution in [2.24, 2.45) is 0 Å². The molecule has 17 heavy (non-hydrogen) atoms. The quantitative estimate of drug-likeness (QED) is 0.798. The molecule has 96 valence electrons. The summed E-state index contributed by atoms with van der Waals surface area (Å²) in [6, 6.07) is 5.89. The second-order valence-corrected chi connectivity index (χ2v) is 4.50. The molecule has 1 aromatic carbocycles. The molecule has 2 unspecified atom stereocenters. The van der Waals surface area contributed by atoms with Crippen LogP contribution in [0.15, 0.2) is 18.2 Å². The van der Waals surface area contributed by atoms with Gasteiger partial charge in [0.25, 0.3) is 0 Å². The van der Waals surface area contributed by atoms with Crippen LogP contribution in [0.3, 0.4) is 0 Å². The van der Waals surface area contributed by atoms with Crippen molar-refractivity contribution >= 4 is 0 Å². The van der Waals surface area contributed by atoms with E-state index in [9.17, 15) is 5.11 Å². The summed E-state index contributed by atoms with van der Waals surface area (Å²) >= 11 is 0. The molecule has 2 atom stereocenters. The summed E-state index contributed by atoms with van der Waals surface area (Å²) in [4.78, 5) is 0. The summed E-state index contributed by atoms with van der Waals surface area (Å²) in [5, 5.41) is 13.3. The number of phenols is 1. The van der Waals surface area contributed by atoms with Gasteiger partial charge in [0.05, 0.1) is 7.11 Å². The number of nitrogens with one attached hydrogen (secondary N) is 1. The monoisotopic (exact) mass is 237 g/mol. The summed E-state index contributed by atoms with van der Waals surface area (Å²) in [5.74, 6) is 1.09. The molecule has 1 rings (SSSR count). The van der Waals surface area contributed by atoms with Gasteiger partial charge in [-0.2, -0.15) is 0 Å². The lowest BCUT2D eigenvalue weighted by atomic mass is 10.0. The molecule has 0 amide bonds. The number of benzene rings is 1. The topological polar surface area (TPSA) is 41.5 Å². The molecule has 0 bridgehead atoms. The summed E-state index contributed by atoms with van der Waals surface area (Å²) in [7, 11) is 1.63. The number of rotatable bonds is 6. The molecule has 0 fully saturated rings. The van der Waals surface area contributed by atoms with Gasteiger partial charge in [-0.05, 0) is 38.5 Å². The maximum atomic E-state index is 9.85. The minimum atomic E-state index is 0.117. The van der Waals surface area contributed by atoms with E-state index < -0.39 is 0 Å². The fraction of sp³-hybridized carbons (Fsp3) is 0.571. The van der Waals surface area contributed by atoms with Crippen molar-refractivity contribution in [3.63, 3.8) is 0 Å². The van der Waals surface area contributed by atoms with Crippen molar-refractivity contribution in [3.8, 4) is 11.5 Å². The van der Waals surface area contributed by atoms with Crippen LogP contribution in [0.2, 0.25) is 0 Å². The van der Waals surface area contributed by atoms with E-state index in [1.807, 2.05) is 6.07 Å². The molecule has 0 aliphatic rings. The van der Waals surface area contributed by atoms with Crippen LogP contribution < -0.4 is 10.1 Å². The number of hydrogen-bond acceptors (Lipinski definition) is 3. The molecule has 0 heterocycles. The first kappa shape index (κ1) is 13.8. The lowest BCUT2D eigenvalue weighted by molar-refractivity contribution is 0.401. The Balaban J connectivity index is 2.76. The zero-order valence-electron chi connectivity index (χ0n) is 11.2. The minimum Gasteiger partial charge on any atom is -0.508 e. The Bertz CT molecular complexity index is 352. The van der Waals surface area contributed by atoms with Gasteiger partial charge in [0.15, 0.2) is 0 Å². The molecule has 0 aliphatic carbocycles. The van der Waals surface area contributed by atoms with E-state index in [4.69, 9.17) is 4.74 Å². The standard InChI is InChI=1S/C14H23NO2/c1-5-6-10(2)15-11(3)13-9-12(17-4)7-8-14(13)16/h7-11,15-16H,5-6H2,1-4H3. The zero-order chi connectivity index (χ0) is 12.8. The summed E-state index contributed by atoms with van der Waals surface area (Å²) in [6.45, 7) is 6.39. The Kier molecular flexibility index (Phi) is 5.29. The predicted molar refractivity (Wildman–Crippen MR) is 70.6 cm³/mol. The fourth-order valence-electron chi connectivity index (χ4n) is 2.04. The van der Waals surface area contributed by atoms with Crippen molar-refractivity contribution < 1.29 is 9.84 Å². The highest BCUT2D eigenvalue weighted by atomic mass is 16.5. The highest BCUT2D eigenvalue weighted by Gasteiger charge is 2.13. The Labute approximate surface area is 104 Å². The summed E-state index contributed by atoms with van der Waals surface area (Å²) in [6.07, 6.45) is 2.29. The van der Waals surface area contributed by atoms with E-state index in [0.717, 1.165) is 24.2 Å². The van der Waals surface area contributed by atoms with Crippen molar-refractivity contribution in [1.82, 2.24) is 5.32 Å². The third kappa shape index (κ3) is 3.93. The van der Waals surface area contributed by atoms with Gasteiger partial charge in [0.2, 0.25) is 0 Å². The first-order valence-corrected chi connectivity index (χ1v) is 6.21. The highest BCUT2D eigenvalue weighted by molar-refractivity contribution is 5.41. The molecule has 0 spiro atoms. The predicted octanol–water partition coefficient (Wildman–Crippen LogP) is 3.24. The first-order valence-electron chi connectivity index (χ1n) is 6.21. The SMILES string of the molecule is CCCC(C)NC(C)c1cc(OC)ccc1O. The van der Waals surface area contributed by atoms with Gasteiger partial charge in [0, 0.05) is 17.6 Å². The van der Waals surface area contributed by atoms with Crippen LogP contribution in [0.4, 0.5) is 0 Å². The van der Waals surface area contributed by atoms with Crippen LogP contribution in [0.5, 0.6) is 11.5 Å². The van der Waals surface area contributed by atoms with E-state index in [1.54, 1.807) is 19.2 Å². The maximum absolute atomic E-state index is 9.85. The third-order valence-electron chi connectivity index (χ3n) is 2.96. The van der Waals surface area contributed by atoms with Crippen LogP contribution >= 0.6 is 0 Å². The molecule has 1 aromatic rings. The van der Waals surface area contributed by atoms with Gasteiger partial charge >= 0.3 is 0 Å². The van der Waals surface area contributed by atoms with E-state index in [0.29, 0.717) is 11.8 Å². The summed E-state index contributed by atoms with van der Waals surface area (Å²) in [5.41, 5.74) is 0.882. The highest BCUT2D eigenvalue weighted by Crippen LogP contribution is 2.28. The molecule has 0 aromatic heterocycles. The van der Waals surface area contributed by atoms with Crippen LogP contribution in [0.25, 0.3) is 0 Å². The van der Waals surface area contributed by atoms with E-state index in [-0.39, 0.29) is 6.04 Å². The van der Waals surface area contributed by atoms with Crippen molar-refractivity contribution in [2.75, 3.05) is 7.11 Å². The smallest absolute Gasteiger partial charge is 0.120 e. The number of methoxy groups -OCH3 is 1. The lowest BCUT2D eigenvalue weighted by Gasteiger charge is -2.21. The van der Waals surface area contributed by atoms with Gasteiger partial charge in [-0.3, -0.25) is 0 Å². The average Bonchev–Trinajstić information content (AvgIpc) is 2.29. The van der Waals surface area contributed by atoms with Crippen LogP contribution in [0, 0.1) is 0 Å². The van der Waals surface area contributed by atoms with Crippen molar-refractivity contribution in [1.29, 1.82) is 0 Å². The average molecular weight is 237 g/mol. The van der Waals surface area contributed by atoms with Gasteiger partial charge in [-0.15, -0.1) is 0 Å². The van der Waals surface area contributed by atoms with Crippen LogP contribution in [0.1, 0.15) is 45.2 Å². The molecule has 0 aliphatic heterocycles. The molecule has 2 N–H and O–H groups in total. The Hall–Kier alpha value is -1.22. The Morgan fingerprint density at radius 2 is 2.06 bits per heavy atom. The van der Waals surface area contributed by atoms with Gasteiger partial charge in [-0.25, -0.2) is 0 Å². The summed E-state index contributed by atoms with van der Waals surface area (Å²) < 4.78 is 5.17. The second-order valence-electron chi connectivity index (χ2n) is 4.50.